The van der Waals surface area contributed by atoms with Crippen LogP contribution in [0, 0.1) is 11.8 Å². The van der Waals surface area contributed by atoms with Gasteiger partial charge in [0, 0.05) is 13.1 Å². The first-order valence-electron chi connectivity index (χ1n) is 5.66. The fourth-order valence-corrected chi connectivity index (χ4v) is 3.47. The number of nitrogens with zero attached hydrogens (tertiary/aromatic N) is 1. The van der Waals surface area contributed by atoms with Gasteiger partial charge in [-0.05, 0) is 18.3 Å². The highest BCUT2D eigenvalue weighted by atomic mass is 32.2. The minimum absolute atomic E-state index is 0.260. The number of sulfonamides is 1. The molecule has 7 heteroatoms. The largest absolute Gasteiger partial charge is 0.390 e. The first kappa shape index (κ1) is 14.8. The maximum Gasteiger partial charge on any atom is 0.390 e. The molecule has 0 amide bonds. The molecule has 1 saturated heterocycles. The van der Waals surface area contributed by atoms with Gasteiger partial charge in [0.05, 0.1) is 12.2 Å². The van der Waals surface area contributed by atoms with Crippen LogP contribution >= 0.6 is 0 Å². The normalized spacial score (nSPS) is 23.5. The molecule has 1 fully saturated rings. The van der Waals surface area contributed by atoms with E-state index in [4.69, 9.17) is 0 Å². The predicted octanol–water partition coefficient (Wildman–Crippen LogP) is 2.25. The molecule has 1 heterocycles. The van der Waals surface area contributed by atoms with Crippen molar-refractivity contribution in [2.45, 2.75) is 32.9 Å². The van der Waals surface area contributed by atoms with Crippen molar-refractivity contribution in [1.82, 2.24) is 4.31 Å². The van der Waals surface area contributed by atoms with Gasteiger partial charge < -0.3 is 0 Å². The van der Waals surface area contributed by atoms with Crippen LogP contribution in [0.4, 0.5) is 13.2 Å². The van der Waals surface area contributed by atoms with Gasteiger partial charge in [0.15, 0.2) is 0 Å². The Labute approximate surface area is 100 Å². The van der Waals surface area contributed by atoms with Crippen LogP contribution in [0.3, 0.4) is 0 Å². The first-order valence-corrected chi connectivity index (χ1v) is 7.27. The van der Waals surface area contributed by atoms with Gasteiger partial charge in [-0.25, -0.2) is 12.7 Å². The molecule has 3 nitrogen and oxygen atoms in total. The quantitative estimate of drug-likeness (QED) is 0.788. The average molecular weight is 273 g/mol. The SMILES string of the molecule is CC(C)C1CCN(S(=O)(=O)CCC(F)(F)F)C1. The van der Waals surface area contributed by atoms with E-state index in [1.54, 1.807) is 0 Å². The van der Waals surface area contributed by atoms with Crippen LogP contribution in [-0.4, -0.2) is 37.7 Å². The lowest BCUT2D eigenvalue weighted by Gasteiger charge is -2.18. The highest BCUT2D eigenvalue weighted by Gasteiger charge is 2.36. The van der Waals surface area contributed by atoms with Gasteiger partial charge in [0.1, 0.15) is 0 Å². The summed E-state index contributed by atoms with van der Waals surface area (Å²) in [5, 5.41) is 0. The van der Waals surface area contributed by atoms with Crippen molar-refractivity contribution in [2.24, 2.45) is 11.8 Å². The highest BCUT2D eigenvalue weighted by molar-refractivity contribution is 7.89. The molecule has 17 heavy (non-hydrogen) atoms. The molecular weight excluding hydrogens is 255 g/mol. The Balaban J connectivity index is 2.55. The molecule has 1 aliphatic heterocycles. The van der Waals surface area contributed by atoms with Crippen LogP contribution in [0.15, 0.2) is 0 Å². The second-order valence-corrected chi connectivity index (χ2v) is 6.92. The number of hydrogen-bond acceptors (Lipinski definition) is 2. The van der Waals surface area contributed by atoms with E-state index in [1.165, 1.54) is 4.31 Å². The molecule has 1 atom stereocenters. The van der Waals surface area contributed by atoms with Gasteiger partial charge in [0.25, 0.3) is 0 Å². The lowest BCUT2D eigenvalue weighted by atomic mass is 9.96. The molecule has 102 valence electrons. The van der Waals surface area contributed by atoms with Crippen LogP contribution in [0.25, 0.3) is 0 Å². The van der Waals surface area contributed by atoms with Crippen LogP contribution in [0.5, 0.6) is 0 Å². The molecule has 0 spiro atoms. The first-order chi connectivity index (χ1) is 7.62. The number of rotatable bonds is 4. The molecule has 0 aromatic rings. The molecule has 1 rings (SSSR count). The fourth-order valence-electron chi connectivity index (χ4n) is 1.92. The van der Waals surface area contributed by atoms with E-state index in [2.05, 4.69) is 0 Å². The average Bonchev–Trinajstić information content (AvgIpc) is 2.63. The standard InChI is InChI=1S/C10H18F3NO2S/c1-8(2)9-3-5-14(7-9)17(15,16)6-4-10(11,12)13/h8-9H,3-7H2,1-2H3. The van der Waals surface area contributed by atoms with E-state index in [9.17, 15) is 21.6 Å². The third kappa shape index (κ3) is 4.46. The second-order valence-electron chi connectivity index (χ2n) is 4.83. The summed E-state index contributed by atoms with van der Waals surface area (Å²) in [7, 11) is -3.75. The smallest absolute Gasteiger partial charge is 0.212 e. The van der Waals surface area contributed by atoms with E-state index in [0.717, 1.165) is 6.42 Å². The van der Waals surface area contributed by atoms with Crippen molar-refractivity contribution in [2.75, 3.05) is 18.8 Å². The Kier molecular flexibility index (Phi) is 4.46. The van der Waals surface area contributed by atoms with Gasteiger partial charge in [-0.15, -0.1) is 0 Å². The summed E-state index contributed by atoms with van der Waals surface area (Å²) in [5.74, 6) is -0.213. The summed E-state index contributed by atoms with van der Waals surface area (Å²) >= 11 is 0. The molecule has 0 bridgehead atoms. The topological polar surface area (TPSA) is 37.4 Å². The second kappa shape index (κ2) is 5.14. The Morgan fingerprint density at radius 2 is 1.94 bits per heavy atom. The van der Waals surface area contributed by atoms with Gasteiger partial charge >= 0.3 is 6.18 Å². The Bertz CT molecular complexity index is 351. The van der Waals surface area contributed by atoms with Crippen molar-refractivity contribution >= 4 is 10.0 Å². The van der Waals surface area contributed by atoms with E-state index in [0.29, 0.717) is 19.0 Å². The lowest BCUT2D eigenvalue weighted by molar-refractivity contribution is -0.130. The monoisotopic (exact) mass is 273 g/mol. The molecular formula is C10H18F3NO2S. The van der Waals surface area contributed by atoms with E-state index >= 15 is 0 Å². The zero-order valence-corrected chi connectivity index (χ0v) is 10.8. The predicted molar refractivity (Wildman–Crippen MR) is 59.0 cm³/mol. The van der Waals surface area contributed by atoms with Crippen LogP contribution in [-0.2, 0) is 10.0 Å². The van der Waals surface area contributed by atoms with E-state index < -0.39 is 28.4 Å². The van der Waals surface area contributed by atoms with Crippen molar-refractivity contribution in [1.29, 1.82) is 0 Å². The van der Waals surface area contributed by atoms with E-state index in [1.807, 2.05) is 13.8 Å². The Morgan fingerprint density at radius 3 is 2.35 bits per heavy atom. The van der Waals surface area contributed by atoms with Crippen molar-refractivity contribution in [3.63, 3.8) is 0 Å². The summed E-state index contributed by atoms with van der Waals surface area (Å²) in [6.07, 6.45) is -4.94. The van der Waals surface area contributed by atoms with Gasteiger partial charge in [0.2, 0.25) is 10.0 Å². The number of hydrogen-bond donors (Lipinski definition) is 0. The molecule has 0 N–H and O–H groups in total. The van der Waals surface area contributed by atoms with Crippen molar-refractivity contribution in [3.05, 3.63) is 0 Å². The summed E-state index contributed by atoms with van der Waals surface area (Å²) in [5.41, 5.74) is 0. The fraction of sp³-hybridized carbons (Fsp3) is 1.00. The molecule has 0 radical (unpaired) electrons. The Morgan fingerprint density at radius 1 is 1.35 bits per heavy atom. The number of halogens is 3. The lowest BCUT2D eigenvalue weighted by Crippen LogP contribution is -2.33. The molecule has 0 aliphatic carbocycles. The summed E-state index contributed by atoms with van der Waals surface area (Å²) < 4.78 is 60.5. The molecule has 1 unspecified atom stereocenters. The summed E-state index contributed by atoms with van der Waals surface area (Å²) in [6, 6.07) is 0. The molecule has 0 aromatic carbocycles. The van der Waals surface area contributed by atoms with Gasteiger partial charge in [-0.3, -0.25) is 0 Å². The Hall–Kier alpha value is -0.300. The van der Waals surface area contributed by atoms with Gasteiger partial charge in [-0.1, -0.05) is 13.8 Å². The highest BCUT2D eigenvalue weighted by Crippen LogP contribution is 2.27. The minimum Gasteiger partial charge on any atom is -0.212 e. The van der Waals surface area contributed by atoms with Crippen molar-refractivity contribution < 1.29 is 21.6 Å². The minimum atomic E-state index is -4.41. The maximum atomic E-state index is 12.0. The maximum absolute atomic E-state index is 12.0. The molecule has 0 aromatic heterocycles. The zero-order chi connectivity index (χ0) is 13.3. The third-order valence-corrected chi connectivity index (χ3v) is 5.01. The van der Waals surface area contributed by atoms with Crippen LogP contribution in [0.2, 0.25) is 0 Å². The van der Waals surface area contributed by atoms with Crippen molar-refractivity contribution in [3.8, 4) is 0 Å². The number of alkyl halides is 3. The summed E-state index contributed by atoms with van der Waals surface area (Å²) in [6.45, 7) is 4.70. The van der Waals surface area contributed by atoms with E-state index in [-0.39, 0.29) is 5.92 Å². The molecule has 0 saturated carbocycles. The third-order valence-electron chi connectivity index (χ3n) is 3.17. The van der Waals surface area contributed by atoms with Gasteiger partial charge in [-0.2, -0.15) is 13.2 Å². The zero-order valence-electron chi connectivity index (χ0n) is 10.00. The summed E-state index contributed by atoms with van der Waals surface area (Å²) in [4.78, 5) is 0. The van der Waals surface area contributed by atoms with Crippen LogP contribution in [0.1, 0.15) is 26.7 Å². The molecule has 1 aliphatic rings. The van der Waals surface area contributed by atoms with Crippen LogP contribution < -0.4 is 0 Å².